The lowest BCUT2D eigenvalue weighted by Gasteiger charge is -2.32. The first-order valence-corrected chi connectivity index (χ1v) is 31.3. The van der Waals surface area contributed by atoms with Gasteiger partial charge in [-0.1, -0.05) is 87.5 Å². The van der Waals surface area contributed by atoms with Gasteiger partial charge in [-0.15, -0.1) is 6.58 Å². The van der Waals surface area contributed by atoms with Crippen LogP contribution in [-0.4, -0.2) is 157 Å². The summed E-state index contributed by atoms with van der Waals surface area (Å²) in [6, 6.07) is 24.4. The van der Waals surface area contributed by atoms with Crippen molar-refractivity contribution < 1.29 is 47.1 Å². The first kappa shape index (κ1) is 68.4. The number of benzene rings is 5. The lowest BCUT2D eigenvalue weighted by atomic mass is 9.88. The highest BCUT2D eigenvalue weighted by Gasteiger charge is 2.28. The smallest absolute Gasteiger partial charge is 0.165 e. The highest BCUT2D eigenvalue weighted by molar-refractivity contribution is 5.50. The summed E-state index contributed by atoms with van der Waals surface area (Å²) in [7, 11) is 1.71. The number of phenols is 4. The van der Waals surface area contributed by atoms with E-state index >= 15 is 0 Å². The zero-order valence-corrected chi connectivity index (χ0v) is 51.0. The van der Waals surface area contributed by atoms with E-state index in [1.807, 2.05) is 36.4 Å². The van der Waals surface area contributed by atoms with E-state index in [0.717, 1.165) is 190 Å². The van der Waals surface area contributed by atoms with Crippen molar-refractivity contribution in [3.05, 3.63) is 161 Å². The van der Waals surface area contributed by atoms with Crippen LogP contribution >= 0.6 is 0 Å². The lowest BCUT2D eigenvalue weighted by Crippen LogP contribution is -2.35. The molecule has 5 heterocycles. The molecule has 0 amide bonds. The molecule has 16 heteroatoms. The molecule has 0 aliphatic carbocycles. The van der Waals surface area contributed by atoms with Crippen molar-refractivity contribution in [1.29, 1.82) is 0 Å². The summed E-state index contributed by atoms with van der Waals surface area (Å²) in [5.74, 6) is -1.40. The molecule has 5 saturated heterocycles. The van der Waals surface area contributed by atoms with Gasteiger partial charge in [0.2, 0.25) is 0 Å². The Morgan fingerprint density at radius 2 is 0.694 bits per heavy atom. The molecule has 5 aliphatic heterocycles. The van der Waals surface area contributed by atoms with Crippen LogP contribution in [0.5, 0.6) is 23.0 Å². The SMILES string of the molecule is C=CCN1CCC(c2cccc(F)c2O)CC1.CCCN1CCC(c2cccc(F)c2N)CC1.CCCN1CCC(c2cccc(F)c2O)CC1.CCN1CCC(c2cccc(F)c2O)CC1.COCCN1CCC(c2cccc(F)c2O)CC1. The molecule has 5 aromatic carbocycles. The van der Waals surface area contributed by atoms with Gasteiger partial charge in [-0.2, -0.15) is 0 Å². The number of methoxy groups -OCH3 is 1. The number of halogens is 5. The number of phenolic OH excluding ortho intramolecular Hbond substituents is 4. The fourth-order valence-corrected chi connectivity index (χ4v) is 12.8. The molecule has 0 spiro atoms. The molecule has 0 atom stereocenters. The van der Waals surface area contributed by atoms with Gasteiger partial charge in [0.25, 0.3) is 0 Å². The van der Waals surface area contributed by atoms with Gasteiger partial charge >= 0.3 is 0 Å². The number of hydrogen-bond donors (Lipinski definition) is 5. The largest absolute Gasteiger partial charge is 0.505 e. The predicted molar refractivity (Wildman–Crippen MR) is 333 cm³/mol. The molecule has 0 unspecified atom stereocenters. The fourth-order valence-electron chi connectivity index (χ4n) is 12.8. The van der Waals surface area contributed by atoms with Gasteiger partial charge in [-0.25, -0.2) is 22.0 Å². The van der Waals surface area contributed by atoms with Gasteiger partial charge < -0.3 is 50.5 Å². The Labute approximate surface area is 503 Å². The zero-order valence-electron chi connectivity index (χ0n) is 51.0. The van der Waals surface area contributed by atoms with Crippen molar-refractivity contribution >= 4 is 5.69 Å². The lowest BCUT2D eigenvalue weighted by molar-refractivity contribution is 0.130. The Kier molecular flexibility index (Phi) is 28.8. The van der Waals surface area contributed by atoms with Crippen molar-refractivity contribution in [3.63, 3.8) is 0 Å². The predicted octanol–water partition coefficient (Wildman–Crippen LogP) is 14.1. The van der Waals surface area contributed by atoms with Crippen LogP contribution in [0.3, 0.4) is 0 Å². The minimum atomic E-state index is -0.519. The molecular weight excluding hydrogens is 1090 g/mol. The normalized spacial score (nSPS) is 18.4. The molecular formula is C69H97F5N6O5. The van der Waals surface area contributed by atoms with Gasteiger partial charge in [0, 0.05) is 42.5 Å². The molecule has 0 aromatic heterocycles. The van der Waals surface area contributed by atoms with Gasteiger partial charge in [-0.05, 0) is 228 Å². The van der Waals surface area contributed by atoms with Crippen LogP contribution in [-0.2, 0) is 4.74 Å². The van der Waals surface area contributed by atoms with E-state index in [0.29, 0.717) is 23.4 Å². The maximum atomic E-state index is 13.4. The van der Waals surface area contributed by atoms with Crippen LogP contribution < -0.4 is 5.73 Å². The summed E-state index contributed by atoms with van der Waals surface area (Å²) in [4.78, 5) is 12.0. The summed E-state index contributed by atoms with van der Waals surface area (Å²) >= 11 is 0. The standard InChI is InChI=1S/C14H21FN2.C14H20FNO2.C14H20FNO.C14H18FNO.C13H18FNO/c1-2-8-17-9-6-11(7-10-17)12-4-3-5-13(15)14(12)16;1-18-10-9-16-7-5-11(6-8-16)12-3-2-4-13(15)14(12)17;2*1-2-8-16-9-6-11(7-10-16)12-4-3-5-13(15)14(12)17;1-2-15-8-6-10(7-9-15)11-4-3-5-12(14)13(11)16/h3-5,11H,2,6-10,16H2,1H3;2-4,11,17H,5-10H2,1H3;3-5,11,17H,2,6-10H2,1H3;2-5,11,17H,1,6-10H2;3-5,10,16H,2,6-9H2,1H3. The Hall–Kier alpha value is -5.75. The minimum Gasteiger partial charge on any atom is -0.505 e. The van der Waals surface area contributed by atoms with Crippen LogP contribution in [0, 0.1) is 29.1 Å². The van der Waals surface area contributed by atoms with E-state index in [9.17, 15) is 42.4 Å². The Balaban J connectivity index is 0.000000170. The van der Waals surface area contributed by atoms with Crippen LogP contribution in [0.1, 0.15) is 155 Å². The number of likely N-dealkylation sites (tertiary alicyclic amines) is 5. The number of hydrogen-bond acceptors (Lipinski definition) is 11. The van der Waals surface area contributed by atoms with E-state index in [2.05, 4.69) is 51.8 Å². The fraction of sp³-hybridized carbons (Fsp3) is 0.536. The Morgan fingerprint density at radius 3 is 0.988 bits per heavy atom. The summed E-state index contributed by atoms with van der Waals surface area (Å²) in [5, 5.41) is 38.9. The number of aromatic hydroxyl groups is 4. The molecule has 0 saturated carbocycles. The van der Waals surface area contributed by atoms with Gasteiger partial charge in [0.1, 0.15) is 5.82 Å². The second kappa shape index (κ2) is 35.8. The van der Waals surface area contributed by atoms with E-state index in [1.165, 1.54) is 49.7 Å². The van der Waals surface area contributed by atoms with Crippen LogP contribution in [0.15, 0.2) is 104 Å². The number of nitrogens with zero attached hydrogens (tertiary/aromatic N) is 5. The van der Waals surface area contributed by atoms with Crippen molar-refractivity contribution in [2.75, 3.05) is 118 Å². The van der Waals surface area contributed by atoms with E-state index in [1.54, 1.807) is 37.4 Å². The molecule has 468 valence electrons. The Morgan fingerprint density at radius 1 is 0.424 bits per heavy atom. The van der Waals surface area contributed by atoms with Crippen molar-refractivity contribution in [2.45, 2.75) is 127 Å². The number of nitrogens with two attached hydrogens (primary N) is 1. The second-order valence-corrected chi connectivity index (χ2v) is 23.4. The highest BCUT2D eigenvalue weighted by Crippen LogP contribution is 2.39. The maximum Gasteiger partial charge on any atom is 0.165 e. The Bertz CT molecular complexity index is 2680. The molecule has 6 N–H and O–H groups in total. The third-order valence-electron chi connectivity index (χ3n) is 17.8. The third kappa shape index (κ3) is 20.4. The molecule has 5 fully saturated rings. The van der Waals surface area contributed by atoms with Crippen molar-refractivity contribution in [1.82, 2.24) is 24.5 Å². The molecule has 11 nitrogen and oxygen atoms in total. The van der Waals surface area contributed by atoms with Crippen LogP contribution in [0.2, 0.25) is 0 Å². The minimum absolute atomic E-state index is 0.151. The van der Waals surface area contributed by atoms with Gasteiger partial charge in [-0.3, -0.25) is 4.90 Å². The van der Waals surface area contributed by atoms with E-state index in [4.69, 9.17) is 10.5 Å². The quantitative estimate of drug-likeness (QED) is 0.0390. The molecule has 5 aliphatic rings. The first-order valence-electron chi connectivity index (χ1n) is 31.3. The van der Waals surface area contributed by atoms with Crippen LogP contribution in [0.25, 0.3) is 0 Å². The number of rotatable bonds is 15. The molecule has 10 rings (SSSR count). The van der Waals surface area contributed by atoms with Crippen molar-refractivity contribution in [2.24, 2.45) is 0 Å². The summed E-state index contributed by atoms with van der Waals surface area (Å²) in [6.07, 6.45) is 14.3. The van der Waals surface area contributed by atoms with Crippen molar-refractivity contribution in [3.8, 4) is 23.0 Å². The molecule has 0 bridgehead atoms. The first-order chi connectivity index (χ1) is 41.1. The van der Waals surface area contributed by atoms with Crippen LogP contribution in [0.4, 0.5) is 27.6 Å². The average Bonchev–Trinajstić information content (AvgIpc) is 3.73. The summed E-state index contributed by atoms with van der Waals surface area (Å²) < 4.78 is 71.5. The number of ether oxygens (including phenoxy) is 1. The van der Waals surface area contributed by atoms with E-state index < -0.39 is 23.3 Å². The molecule has 5 aromatic rings. The molecule has 85 heavy (non-hydrogen) atoms. The number of anilines is 1. The summed E-state index contributed by atoms with van der Waals surface area (Å²) in [6.45, 7) is 26.5. The number of piperidine rings is 5. The number of para-hydroxylation sites is 5. The topological polar surface area (TPSA) is 132 Å². The third-order valence-corrected chi connectivity index (χ3v) is 17.8. The maximum absolute atomic E-state index is 13.4. The van der Waals surface area contributed by atoms with Gasteiger partial charge in [0.05, 0.1) is 12.3 Å². The highest BCUT2D eigenvalue weighted by atomic mass is 19.1. The summed E-state index contributed by atoms with van der Waals surface area (Å²) in [5.41, 5.74) is 10.2. The second-order valence-electron chi connectivity index (χ2n) is 23.4. The monoisotopic (exact) mass is 1180 g/mol. The van der Waals surface area contributed by atoms with E-state index in [-0.39, 0.29) is 40.7 Å². The average molecular weight is 1190 g/mol. The zero-order chi connectivity index (χ0) is 61.3. The molecule has 0 radical (unpaired) electrons. The number of nitrogen functional groups attached to an aromatic ring is 1. The van der Waals surface area contributed by atoms with Gasteiger partial charge in [0.15, 0.2) is 46.3 Å².